The Bertz CT molecular complexity index is 703. The molecule has 2 aromatic rings. The molecule has 4 heteroatoms. The van der Waals surface area contributed by atoms with E-state index in [1.165, 1.54) is 0 Å². The van der Waals surface area contributed by atoms with Gasteiger partial charge in [0.2, 0.25) is 0 Å². The summed E-state index contributed by atoms with van der Waals surface area (Å²) in [6.45, 7) is 4.41. The maximum Gasteiger partial charge on any atom is 0.145 e. The Morgan fingerprint density at radius 3 is 2.95 bits per heavy atom. The van der Waals surface area contributed by atoms with Crippen LogP contribution < -0.4 is 10.1 Å². The lowest BCUT2D eigenvalue weighted by atomic mass is 10.1. The third-order valence-corrected chi connectivity index (χ3v) is 3.47. The number of hydrogen-bond acceptors (Lipinski definition) is 4. The minimum Gasteiger partial charge on any atom is -0.491 e. The highest BCUT2D eigenvalue weighted by Crippen LogP contribution is 2.34. The number of benzene rings is 1. The highest BCUT2D eigenvalue weighted by Gasteiger charge is 2.24. The molecule has 100 valence electrons. The molecule has 0 saturated heterocycles. The topological polar surface area (TPSA) is 57.9 Å². The molecule has 1 unspecified atom stereocenters. The summed E-state index contributed by atoms with van der Waals surface area (Å²) in [5, 5.41) is 12.6. The van der Waals surface area contributed by atoms with Crippen LogP contribution in [0.2, 0.25) is 0 Å². The summed E-state index contributed by atoms with van der Waals surface area (Å²) in [6.07, 6.45) is 0. The molecule has 2 heterocycles. The van der Waals surface area contributed by atoms with Crippen molar-refractivity contribution < 1.29 is 4.74 Å². The molecule has 0 aliphatic carbocycles. The van der Waals surface area contributed by atoms with Gasteiger partial charge in [0.1, 0.15) is 24.2 Å². The van der Waals surface area contributed by atoms with Gasteiger partial charge in [-0.05, 0) is 31.5 Å². The number of aryl methyl sites for hydroxylation is 2. The van der Waals surface area contributed by atoms with Crippen molar-refractivity contribution >= 4 is 5.82 Å². The lowest BCUT2D eigenvalue weighted by Gasteiger charge is -2.15. The quantitative estimate of drug-likeness (QED) is 0.906. The van der Waals surface area contributed by atoms with E-state index < -0.39 is 0 Å². The van der Waals surface area contributed by atoms with Gasteiger partial charge in [-0.15, -0.1) is 0 Å². The number of rotatable bonds is 2. The predicted molar refractivity (Wildman–Crippen MR) is 76.7 cm³/mol. The minimum absolute atomic E-state index is 0.0343. The molecule has 3 rings (SSSR count). The Morgan fingerprint density at radius 1 is 1.35 bits per heavy atom. The standard InChI is InChI=1S/C16H15N3O/c1-10-7-11(2)18-16(13(10)8-17)19-14-9-20-15-6-4-3-5-12(14)15/h3-7,14H,9H2,1-2H3,(H,18,19). The molecular formula is C16H15N3O. The Balaban J connectivity index is 1.96. The molecule has 1 aromatic heterocycles. The van der Waals surface area contributed by atoms with Crippen molar-refractivity contribution in [1.82, 2.24) is 4.98 Å². The number of aromatic nitrogens is 1. The summed E-state index contributed by atoms with van der Waals surface area (Å²) >= 11 is 0. The Morgan fingerprint density at radius 2 is 2.15 bits per heavy atom. The van der Waals surface area contributed by atoms with Crippen molar-refractivity contribution in [1.29, 1.82) is 5.26 Å². The zero-order valence-electron chi connectivity index (χ0n) is 11.5. The summed E-state index contributed by atoms with van der Waals surface area (Å²) in [5.74, 6) is 1.53. The smallest absolute Gasteiger partial charge is 0.145 e. The second kappa shape index (κ2) is 4.86. The average molecular weight is 265 g/mol. The Labute approximate surface area is 118 Å². The SMILES string of the molecule is Cc1cc(C)c(C#N)c(NC2COc3ccccc32)n1. The van der Waals surface area contributed by atoms with Crippen molar-refractivity contribution in [2.45, 2.75) is 19.9 Å². The largest absolute Gasteiger partial charge is 0.491 e. The van der Waals surface area contributed by atoms with Crippen LogP contribution in [-0.4, -0.2) is 11.6 Å². The van der Waals surface area contributed by atoms with Crippen molar-refractivity contribution in [3.63, 3.8) is 0 Å². The van der Waals surface area contributed by atoms with Crippen LogP contribution in [0.15, 0.2) is 30.3 Å². The number of nitriles is 1. The van der Waals surface area contributed by atoms with Gasteiger partial charge in [-0.3, -0.25) is 0 Å². The Hall–Kier alpha value is -2.54. The van der Waals surface area contributed by atoms with Crippen LogP contribution in [0.1, 0.15) is 28.4 Å². The van der Waals surface area contributed by atoms with Crippen molar-refractivity contribution in [3.8, 4) is 11.8 Å². The third kappa shape index (κ3) is 2.08. The number of pyridine rings is 1. The van der Waals surface area contributed by atoms with Crippen LogP contribution in [0.3, 0.4) is 0 Å². The first-order valence-electron chi connectivity index (χ1n) is 6.55. The predicted octanol–water partition coefficient (Wildman–Crippen LogP) is 3.12. The molecule has 1 atom stereocenters. The number of anilines is 1. The van der Waals surface area contributed by atoms with E-state index in [1.807, 2.05) is 44.2 Å². The summed E-state index contributed by atoms with van der Waals surface area (Å²) < 4.78 is 5.64. The summed E-state index contributed by atoms with van der Waals surface area (Å²) in [4.78, 5) is 4.45. The van der Waals surface area contributed by atoms with Gasteiger partial charge in [0.15, 0.2) is 0 Å². The lowest BCUT2D eigenvalue weighted by molar-refractivity contribution is 0.339. The van der Waals surface area contributed by atoms with Crippen molar-refractivity contribution in [2.24, 2.45) is 0 Å². The second-order valence-corrected chi connectivity index (χ2v) is 4.96. The maximum absolute atomic E-state index is 9.30. The number of nitrogens with zero attached hydrogens (tertiary/aromatic N) is 2. The van der Waals surface area contributed by atoms with E-state index in [0.717, 1.165) is 22.6 Å². The summed E-state index contributed by atoms with van der Waals surface area (Å²) in [7, 11) is 0. The van der Waals surface area contributed by atoms with Crippen LogP contribution in [0.4, 0.5) is 5.82 Å². The van der Waals surface area contributed by atoms with Crippen molar-refractivity contribution in [2.75, 3.05) is 11.9 Å². The van der Waals surface area contributed by atoms with E-state index in [4.69, 9.17) is 4.74 Å². The maximum atomic E-state index is 9.30. The number of nitrogens with one attached hydrogen (secondary N) is 1. The van der Waals surface area contributed by atoms with E-state index in [9.17, 15) is 5.26 Å². The van der Waals surface area contributed by atoms with Gasteiger partial charge in [-0.25, -0.2) is 4.98 Å². The molecule has 1 aliphatic heterocycles. The zero-order valence-corrected chi connectivity index (χ0v) is 11.5. The van der Waals surface area contributed by atoms with Gasteiger partial charge >= 0.3 is 0 Å². The molecule has 0 amide bonds. The minimum atomic E-state index is 0.0343. The fraction of sp³-hybridized carbons (Fsp3) is 0.250. The highest BCUT2D eigenvalue weighted by molar-refractivity contribution is 5.58. The first-order chi connectivity index (χ1) is 9.69. The fourth-order valence-electron chi connectivity index (χ4n) is 2.53. The molecule has 0 bridgehead atoms. The highest BCUT2D eigenvalue weighted by atomic mass is 16.5. The van der Waals surface area contributed by atoms with E-state index in [1.54, 1.807) is 0 Å². The van der Waals surface area contributed by atoms with E-state index >= 15 is 0 Å². The second-order valence-electron chi connectivity index (χ2n) is 4.96. The molecule has 1 aromatic carbocycles. The molecular weight excluding hydrogens is 250 g/mol. The molecule has 20 heavy (non-hydrogen) atoms. The van der Waals surface area contributed by atoms with E-state index in [0.29, 0.717) is 18.0 Å². The van der Waals surface area contributed by atoms with Gasteiger partial charge in [-0.1, -0.05) is 18.2 Å². The number of ether oxygens (including phenoxy) is 1. The fourth-order valence-corrected chi connectivity index (χ4v) is 2.53. The molecule has 0 radical (unpaired) electrons. The van der Waals surface area contributed by atoms with E-state index in [-0.39, 0.29) is 6.04 Å². The number of para-hydroxylation sites is 1. The van der Waals surface area contributed by atoms with Gasteiger partial charge in [0, 0.05) is 11.3 Å². The van der Waals surface area contributed by atoms with Crippen LogP contribution in [0, 0.1) is 25.2 Å². The average Bonchev–Trinajstić information content (AvgIpc) is 2.82. The van der Waals surface area contributed by atoms with E-state index in [2.05, 4.69) is 16.4 Å². The molecule has 1 N–H and O–H groups in total. The third-order valence-electron chi connectivity index (χ3n) is 3.47. The summed E-state index contributed by atoms with van der Waals surface area (Å²) in [5.41, 5.74) is 3.54. The van der Waals surface area contributed by atoms with Crippen molar-refractivity contribution in [3.05, 3.63) is 52.7 Å². The monoisotopic (exact) mass is 265 g/mol. The van der Waals surface area contributed by atoms with Gasteiger partial charge in [0.25, 0.3) is 0 Å². The van der Waals surface area contributed by atoms with Crippen LogP contribution >= 0.6 is 0 Å². The molecule has 4 nitrogen and oxygen atoms in total. The van der Waals surface area contributed by atoms with Crippen LogP contribution in [-0.2, 0) is 0 Å². The molecule has 1 aliphatic rings. The number of hydrogen-bond donors (Lipinski definition) is 1. The molecule has 0 saturated carbocycles. The Kier molecular flexibility index (Phi) is 3.03. The molecule has 0 fully saturated rings. The van der Waals surface area contributed by atoms with Gasteiger partial charge in [-0.2, -0.15) is 5.26 Å². The number of fused-ring (bicyclic) bond motifs is 1. The first kappa shape index (κ1) is 12.5. The zero-order chi connectivity index (χ0) is 14.1. The van der Waals surface area contributed by atoms with Crippen LogP contribution in [0.5, 0.6) is 5.75 Å². The normalized spacial score (nSPS) is 16.1. The van der Waals surface area contributed by atoms with Gasteiger partial charge in [0.05, 0.1) is 11.6 Å². The lowest BCUT2D eigenvalue weighted by Crippen LogP contribution is -2.14. The molecule has 0 spiro atoms. The summed E-state index contributed by atoms with van der Waals surface area (Å²) in [6, 6.07) is 12.1. The van der Waals surface area contributed by atoms with Crippen LogP contribution in [0.25, 0.3) is 0 Å². The first-order valence-corrected chi connectivity index (χ1v) is 6.55. The van der Waals surface area contributed by atoms with Gasteiger partial charge < -0.3 is 10.1 Å².